The Balaban J connectivity index is 1.23. The molecular formula is C21H19N5O. The van der Waals surface area contributed by atoms with Crippen LogP contribution in [0.15, 0.2) is 73.1 Å². The van der Waals surface area contributed by atoms with Crippen molar-refractivity contribution in [3.63, 3.8) is 0 Å². The van der Waals surface area contributed by atoms with Gasteiger partial charge in [0.05, 0.1) is 12.2 Å². The number of fused-ring (bicyclic) bond motifs is 1. The summed E-state index contributed by atoms with van der Waals surface area (Å²) in [6, 6.07) is 20.4. The third-order valence-electron chi connectivity index (χ3n) is 5.15. The van der Waals surface area contributed by atoms with E-state index in [1.54, 1.807) is 0 Å². The fourth-order valence-corrected chi connectivity index (χ4v) is 3.55. The molecule has 5 rings (SSSR count). The van der Waals surface area contributed by atoms with Crippen molar-refractivity contribution in [2.24, 2.45) is 0 Å². The van der Waals surface area contributed by atoms with Gasteiger partial charge in [-0.25, -0.2) is 4.68 Å². The van der Waals surface area contributed by atoms with E-state index in [1.807, 2.05) is 81.1 Å². The van der Waals surface area contributed by atoms with Gasteiger partial charge < -0.3 is 9.47 Å². The van der Waals surface area contributed by atoms with Gasteiger partial charge >= 0.3 is 0 Å². The largest absolute Gasteiger partial charge is 0.338 e. The predicted molar refractivity (Wildman–Crippen MR) is 103 cm³/mol. The molecule has 0 N–H and O–H groups in total. The summed E-state index contributed by atoms with van der Waals surface area (Å²) in [5.74, 6) is 0.135. The van der Waals surface area contributed by atoms with E-state index < -0.39 is 0 Å². The lowest BCUT2D eigenvalue weighted by Crippen LogP contribution is -2.51. The van der Waals surface area contributed by atoms with Crippen molar-refractivity contribution >= 4 is 16.8 Å². The first-order valence-electron chi connectivity index (χ1n) is 9.07. The van der Waals surface area contributed by atoms with E-state index >= 15 is 0 Å². The predicted octanol–water partition coefficient (Wildman–Crippen LogP) is 2.98. The molecule has 0 aliphatic carbocycles. The van der Waals surface area contributed by atoms with Crippen molar-refractivity contribution in [2.45, 2.75) is 12.6 Å². The molecule has 0 atom stereocenters. The van der Waals surface area contributed by atoms with E-state index in [9.17, 15) is 4.79 Å². The summed E-state index contributed by atoms with van der Waals surface area (Å²) in [5, 5.41) is 9.66. The Hall–Kier alpha value is -3.41. The zero-order valence-electron chi connectivity index (χ0n) is 14.8. The second-order valence-corrected chi connectivity index (χ2v) is 6.90. The molecule has 4 aromatic rings. The summed E-state index contributed by atoms with van der Waals surface area (Å²) < 4.78 is 3.88. The van der Waals surface area contributed by atoms with E-state index in [2.05, 4.69) is 16.4 Å². The smallest absolute Gasteiger partial charge is 0.242 e. The molecule has 0 radical (unpaired) electrons. The molecule has 134 valence electrons. The molecule has 0 spiro atoms. The third kappa shape index (κ3) is 2.89. The van der Waals surface area contributed by atoms with Crippen LogP contribution in [0, 0.1) is 0 Å². The lowest BCUT2D eigenvalue weighted by molar-refractivity contribution is -0.137. The first kappa shape index (κ1) is 15.8. The molecule has 0 saturated carbocycles. The number of para-hydroxylation sites is 1. The second kappa shape index (κ2) is 6.39. The number of hydrogen-bond donors (Lipinski definition) is 0. The van der Waals surface area contributed by atoms with Gasteiger partial charge in [0, 0.05) is 30.4 Å². The number of aromatic nitrogens is 4. The molecular weight excluding hydrogens is 338 g/mol. The Morgan fingerprint density at radius 2 is 1.78 bits per heavy atom. The van der Waals surface area contributed by atoms with Crippen molar-refractivity contribution in [2.75, 3.05) is 13.1 Å². The SMILES string of the molecule is O=C(Cn1ccc2ccccc21)N1CC(n2cc(-c3ccccc3)nn2)C1. The van der Waals surface area contributed by atoms with E-state index in [1.165, 1.54) is 0 Å². The minimum atomic E-state index is 0.135. The van der Waals surface area contributed by atoms with Crippen molar-refractivity contribution in [3.05, 3.63) is 73.1 Å². The Morgan fingerprint density at radius 3 is 2.63 bits per heavy atom. The number of carbonyl (C=O) groups is 1. The number of likely N-dealkylation sites (tertiary alicyclic amines) is 1. The number of amides is 1. The Morgan fingerprint density at radius 1 is 1.00 bits per heavy atom. The van der Waals surface area contributed by atoms with Gasteiger partial charge in [-0.15, -0.1) is 5.10 Å². The first-order chi connectivity index (χ1) is 13.3. The van der Waals surface area contributed by atoms with Crippen LogP contribution in [0.5, 0.6) is 0 Å². The lowest BCUT2D eigenvalue weighted by Gasteiger charge is -2.39. The highest BCUT2D eigenvalue weighted by Crippen LogP contribution is 2.24. The van der Waals surface area contributed by atoms with Crippen LogP contribution < -0.4 is 0 Å². The van der Waals surface area contributed by atoms with Crippen LogP contribution in [0.2, 0.25) is 0 Å². The van der Waals surface area contributed by atoms with E-state index in [0.29, 0.717) is 19.6 Å². The van der Waals surface area contributed by atoms with Crippen LogP contribution in [-0.2, 0) is 11.3 Å². The monoisotopic (exact) mass is 357 g/mol. The number of benzene rings is 2. The molecule has 0 bridgehead atoms. The van der Waals surface area contributed by atoms with Crippen molar-refractivity contribution in [1.82, 2.24) is 24.5 Å². The highest BCUT2D eigenvalue weighted by Gasteiger charge is 2.32. The summed E-state index contributed by atoms with van der Waals surface area (Å²) in [6.07, 6.45) is 3.94. The molecule has 27 heavy (non-hydrogen) atoms. The Kier molecular flexibility index (Phi) is 3.74. The molecule has 1 fully saturated rings. The number of rotatable bonds is 4. The summed E-state index contributed by atoms with van der Waals surface area (Å²) in [4.78, 5) is 14.5. The van der Waals surface area contributed by atoms with Gasteiger partial charge in [0.1, 0.15) is 12.2 Å². The molecule has 1 saturated heterocycles. The molecule has 6 heteroatoms. The zero-order valence-corrected chi connectivity index (χ0v) is 14.8. The van der Waals surface area contributed by atoms with Crippen molar-refractivity contribution in [3.8, 4) is 11.3 Å². The number of hydrogen-bond acceptors (Lipinski definition) is 3. The topological polar surface area (TPSA) is 56.0 Å². The van der Waals surface area contributed by atoms with Crippen LogP contribution in [0.1, 0.15) is 6.04 Å². The van der Waals surface area contributed by atoms with Gasteiger partial charge in [-0.2, -0.15) is 0 Å². The fourth-order valence-electron chi connectivity index (χ4n) is 3.55. The highest BCUT2D eigenvalue weighted by atomic mass is 16.2. The van der Waals surface area contributed by atoms with Gasteiger partial charge in [0.15, 0.2) is 0 Å². The van der Waals surface area contributed by atoms with Gasteiger partial charge in [0.2, 0.25) is 5.91 Å². The summed E-state index contributed by atoms with van der Waals surface area (Å²) in [5.41, 5.74) is 3.00. The minimum Gasteiger partial charge on any atom is -0.338 e. The quantitative estimate of drug-likeness (QED) is 0.564. The zero-order chi connectivity index (χ0) is 18.2. The summed E-state index contributed by atoms with van der Waals surface area (Å²) in [7, 11) is 0. The third-order valence-corrected chi connectivity index (χ3v) is 5.15. The Bertz CT molecular complexity index is 1090. The number of carbonyl (C=O) groups excluding carboxylic acids is 1. The number of nitrogens with zero attached hydrogens (tertiary/aromatic N) is 5. The van der Waals surface area contributed by atoms with Crippen LogP contribution in [-0.4, -0.2) is 43.5 Å². The Labute approximate surface area is 156 Å². The fraction of sp³-hybridized carbons (Fsp3) is 0.190. The van der Waals surface area contributed by atoms with E-state index in [0.717, 1.165) is 22.2 Å². The average Bonchev–Trinajstić information content (AvgIpc) is 3.29. The van der Waals surface area contributed by atoms with Crippen LogP contribution in [0.25, 0.3) is 22.2 Å². The molecule has 6 nitrogen and oxygen atoms in total. The highest BCUT2D eigenvalue weighted by molar-refractivity contribution is 5.83. The standard InChI is InChI=1S/C21H19N5O/c27-21(15-24-11-10-17-8-4-5-9-20(17)24)25-12-18(13-25)26-14-19(22-23-26)16-6-2-1-3-7-16/h1-11,14,18H,12-13,15H2. The van der Waals surface area contributed by atoms with Gasteiger partial charge in [-0.3, -0.25) is 4.79 Å². The van der Waals surface area contributed by atoms with Gasteiger partial charge in [0.25, 0.3) is 0 Å². The summed E-state index contributed by atoms with van der Waals surface area (Å²) >= 11 is 0. The molecule has 0 unspecified atom stereocenters. The maximum Gasteiger partial charge on any atom is 0.242 e. The minimum absolute atomic E-state index is 0.135. The van der Waals surface area contributed by atoms with Gasteiger partial charge in [-0.1, -0.05) is 53.7 Å². The molecule has 1 amide bonds. The van der Waals surface area contributed by atoms with Gasteiger partial charge in [-0.05, 0) is 17.5 Å². The second-order valence-electron chi connectivity index (χ2n) is 6.90. The maximum atomic E-state index is 12.6. The average molecular weight is 357 g/mol. The van der Waals surface area contributed by atoms with Crippen molar-refractivity contribution < 1.29 is 4.79 Å². The van der Waals surface area contributed by atoms with Crippen LogP contribution >= 0.6 is 0 Å². The summed E-state index contributed by atoms with van der Waals surface area (Å²) in [6.45, 7) is 1.72. The van der Waals surface area contributed by atoms with E-state index in [4.69, 9.17) is 0 Å². The maximum absolute atomic E-state index is 12.6. The lowest BCUT2D eigenvalue weighted by atomic mass is 10.1. The first-order valence-corrected chi connectivity index (χ1v) is 9.07. The van der Waals surface area contributed by atoms with Crippen LogP contribution in [0.4, 0.5) is 0 Å². The molecule has 2 aromatic carbocycles. The molecule has 1 aliphatic rings. The molecule has 1 aliphatic heterocycles. The van der Waals surface area contributed by atoms with Crippen molar-refractivity contribution in [1.29, 1.82) is 0 Å². The van der Waals surface area contributed by atoms with E-state index in [-0.39, 0.29) is 11.9 Å². The molecule has 3 heterocycles. The molecule has 2 aromatic heterocycles. The normalized spacial score (nSPS) is 14.4. The van der Waals surface area contributed by atoms with Crippen LogP contribution in [0.3, 0.4) is 0 Å².